The van der Waals surface area contributed by atoms with E-state index in [2.05, 4.69) is 219 Å². The summed E-state index contributed by atoms with van der Waals surface area (Å²) in [4.78, 5) is 2.55. The summed E-state index contributed by atoms with van der Waals surface area (Å²) in [6.07, 6.45) is 0. The second-order valence-electron chi connectivity index (χ2n) is 16.4. The number of nitrogens with zero attached hydrogens (tertiary/aromatic N) is 1. The van der Waals surface area contributed by atoms with Gasteiger partial charge in [0, 0.05) is 27.6 Å². The molecule has 3 aliphatic rings. The van der Waals surface area contributed by atoms with Gasteiger partial charge in [0.05, 0.1) is 16.8 Å². The predicted octanol–water partition coefficient (Wildman–Crippen LogP) is 14.6. The zero-order chi connectivity index (χ0) is 37.9. The molecule has 9 aromatic rings. The molecule has 0 aromatic heterocycles. The third kappa shape index (κ3) is 4.24. The summed E-state index contributed by atoms with van der Waals surface area (Å²) in [5, 5.41) is 2.56. The largest absolute Gasteiger partial charge is 0.309 e. The number of rotatable bonds is 4. The van der Waals surface area contributed by atoms with E-state index in [-0.39, 0.29) is 5.41 Å². The maximum atomic E-state index is 2.55. The second kappa shape index (κ2) is 11.8. The molecule has 268 valence electrons. The number of benzene rings is 9. The van der Waals surface area contributed by atoms with Gasteiger partial charge in [-0.25, -0.2) is 0 Å². The zero-order valence-corrected chi connectivity index (χ0v) is 32.0. The van der Waals surface area contributed by atoms with Crippen LogP contribution in [0.5, 0.6) is 0 Å². The van der Waals surface area contributed by atoms with Gasteiger partial charge in [-0.2, -0.15) is 0 Å². The van der Waals surface area contributed by atoms with E-state index in [1.807, 2.05) is 0 Å². The van der Waals surface area contributed by atoms with Crippen molar-refractivity contribution in [1.29, 1.82) is 0 Å². The highest BCUT2D eigenvalue weighted by Crippen LogP contribution is 2.63. The number of anilines is 3. The van der Waals surface area contributed by atoms with E-state index in [1.54, 1.807) is 0 Å². The third-order valence-corrected chi connectivity index (χ3v) is 13.3. The minimum atomic E-state index is -0.483. The van der Waals surface area contributed by atoms with Gasteiger partial charge in [-0.15, -0.1) is 0 Å². The van der Waals surface area contributed by atoms with E-state index in [0.29, 0.717) is 0 Å². The van der Waals surface area contributed by atoms with Gasteiger partial charge in [0.1, 0.15) is 0 Å². The minimum absolute atomic E-state index is 0.0260. The molecule has 1 aliphatic heterocycles. The van der Waals surface area contributed by atoms with Crippen LogP contribution in [0.15, 0.2) is 200 Å². The molecule has 1 heterocycles. The Bertz CT molecular complexity index is 3040. The molecule has 1 heteroatoms. The lowest BCUT2D eigenvalue weighted by Gasteiger charge is -2.37. The number of para-hydroxylation sites is 1. The molecular weight excluding hydrogens is 687 g/mol. The summed E-state index contributed by atoms with van der Waals surface area (Å²) < 4.78 is 0. The Kier molecular flexibility index (Phi) is 6.67. The van der Waals surface area contributed by atoms with Gasteiger partial charge in [0.2, 0.25) is 0 Å². The van der Waals surface area contributed by atoms with Crippen molar-refractivity contribution in [1.82, 2.24) is 0 Å². The summed E-state index contributed by atoms with van der Waals surface area (Å²) in [5.74, 6) is 0. The van der Waals surface area contributed by atoms with Crippen LogP contribution >= 0.6 is 0 Å². The van der Waals surface area contributed by atoms with Gasteiger partial charge in [0.15, 0.2) is 0 Å². The molecular formula is C56H39N. The van der Waals surface area contributed by atoms with Crippen LogP contribution in [-0.2, 0) is 10.8 Å². The van der Waals surface area contributed by atoms with Crippen LogP contribution in [0.4, 0.5) is 17.1 Å². The molecule has 0 atom stereocenters. The van der Waals surface area contributed by atoms with Crippen LogP contribution in [0.2, 0.25) is 0 Å². The summed E-state index contributed by atoms with van der Waals surface area (Å²) in [5.41, 5.74) is 21.4. The van der Waals surface area contributed by atoms with Crippen molar-refractivity contribution >= 4 is 27.8 Å². The molecule has 9 aromatic carbocycles. The normalized spacial score (nSPS) is 14.7. The highest BCUT2D eigenvalue weighted by atomic mass is 15.2. The van der Waals surface area contributed by atoms with Crippen LogP contribution in [-0.4, -0.2) is 0 Å². The van der Waals surface area contributed by atoms with Crippen molar-refractivity contribution in [2.75, 3.05) is 4.90 Å². The lowest BCUT2D eigenvalue weighted by molar-refractivity contribution is 0.660. The maximum Gasteiger partial charge on any atom is 0.0714 e. The first-order valence-corrected chi connectivity index (χ1v) is 20.1. The van der Waals surface area contributed by atoms with E-state index < -0.39 is 5.41 Å². The Morgan fingerprint density at radius 2 is 0.965 bits per heavy atom. The molecule has 0 unspecified atom stereocenters. The molecule has 1 nitrogen and oxygen atoms in total. The number of hydrogen-bond donors (Lipinski definition) is 0. The lowest BCUT2D eigenvalue weighted by atomic mass is 9.67. The molecule has 0 radical (unpaired) electrons. The summed E-state index contributed by atoms with van der Waals surface area (Å²) in [7, 11) is 0. The highest BCUT2D eigenvalue weighted by molar-refractivity contribution is 6.20. The fraction of sp³-hybridized carbons (Fsp3) is 0.0714. The van der Waals surface area contributed by atoms with Crippen LogP contribution < -0.4 is 4.90 Å². The van der Waals surface area contributed by atoms with Gasteiger partial charge >= 0.3 is 0 Å². The van der Waals surface area contributed by atoms with Gasteiger partial charge in [0.25, 0.3) is 0 Å². The van der Waals surface area contributed by atoms with Crippen molar-refractivity contribution in [3.8, 4) is 44.5 Å². The Morgan fingerprint density at radius 1 is 0.386 bits per heavy atom. The monoisotopic (exact) mass is 725 g/mol. The molecule has 57 heavy (non-hydrogen) atoms. The third-order valence-electron chi connectivity index (χ3n) is 13.3. The van der Waals surface area contributed by atoms with Crippen LogP contribution in [0.1, 0.15) is 47.2 Å². The second-order valence-corrected chi connectivity index (χ2v) is 16.4. The SMILES string of the molecule is CC1(C)c2ccccc2-c2cc(-c3ccc4c5c(cccc35)N(c3ccccc3)c3c-4ccc4c3-c3ccccc3C4(c3ccccc3)c3ccccc3)ccc21. The lowest BCUT2D eigenvalue weighted by Crippen LogP contribution is -2.28. The smallest absolute Gasteiger partial charge is 0.0714 e. The maximum absolute atomic E-state index is 2.55. The highest BCUT2D eigenvalue weighted by Gasteiger charge is 2.48. The van der Waals surface area contributed by atoms with E-state index in [0.717, 1.165) is 5.69 Å². The van der Waals surface area contributed by atoms with Crippen LogP contribution in [0, 0.1) is 0 Å². The van der Waals surface area contributed by atoms with Crippen molar-refractivity contribution in [3.05, 3.63) is 234 Å². The van der Waals surface area contributed by atoms with Gasteiger partial charge in [-0.3, -0.25) is 0 Å². The van der Waals surface area contributed by atoms with Crippen molar-refractivity contribution in [3.63, 3.8) is 0 Å². The Labute approximate surface area is 334 Å². The van der Waals surface area contributed by atoms with E-state index in [9.17, 15) is 0 Å². The topological polar surface area (TPSA) is 3.24 Å². The molecule has 2 aliphatic carbocycles. The molecule has 0 N–H and O–H groups in total. The Morgan fingerprint density at radius 3 is 1.70 bits per heavy atom. The van der Waals surface area contributed by atoms with Crippen molar-refractivity contribution in [2.45, 2.75) is 24.7 Å². The van der Waals surface area contributed by atoms with Gasteiger partial charge in [-0.05, 0) is 96.4 Å². The zero-order valence-electron chi connectivity index (χ0n) is 32.0. The first-order chi connectivity index (χ1) is 28.1. The minimum Gasteiger partial charge on any atom is -0.309 e. The first kappa shape index (κ1) is 32.3. The molecule has 0 bridgehead atoms. The Hall–Kier alpha value is -6.96. The van der Waals surface area contributed by atoms with E-state index in [4.69, 9.17) is 0 Å². The summed E-state index contributed by atoms with van der Waals surface area (Å²) in [6.45, 7) is 4.71. The molecule has 0 spiro atoms. The fourth-order valence-corrected chi connectivity index (χ4v) is 10.9. The van der Waals surface area contributed by atoms with E-state index >= 15 is 0 Å². The fourth-order valence-electron chi connectivity index (χ4n) is 10.9. The van der Waals surface area contributed by atoms with Crippen LogP contribution in [0.3, 0.4) is 0 Å². The quantitative estimate of drug-likeness (QED) is 0.175. The number of fused-ring (bicyclic) bond motifs is 9. The van der Waals surface area contributed by atoms with Gasteiger partial charge < -0.3 is 4.90 Å². The first-order valence-electron chi connectivity index (χ1n) is 20.1. The molecule has 12 rings (SSSR count). The van der Waals surface area contributed by atoms with E-state index in [1.165, 1.54) is 100 Å². The molecule has 0 fully saturated rings. The molecule has 0 saturated carbocycles. The average molecular weight is 726 g/mol. The van der Waals surface area contributed by atoms with Crippen LogP contribution in [0.25, 0.3) is 55.3 Å². The summed E-state index contributed by atoms with van der Waals surface area (Å²) >= 11 is 0. The Balaban J connectivity index is 1.16. The van der Waals surface area contributed by atoms with Crippen molar-refractivity contribution in [2.24, 2.45) is 0 Å². The average Bonchev–Trinajstić information content (AvgIpc) is 3.70. The standard InChI is InChI=1S/C56H39N/c1-55(2)47-26-14-12-23-41(47)46-35-36(29-33-48(46)55)40-30-31-43-44-32-34-50-53(54(44)57(39-21-10-5-11-22-39)51-28-16-25-42(40)52(43)51)45-24-13-15-27-49(45)56(50,37-17-6-3-7-18-37)38-19-8-4-9-20-38/h3-35H,1-2H3. The predicted molar refractivity (Wildman–Crippen MR) is 238 cm³/mol. The molecule has 0 amide bonds. The summed E-state index contributed by atoms with van der Waals surface area (Å²) in [6, 6.07) is 75.0. The van der Waals surface area contributed by atoms with Gasteiger partial charge in [-0.1, -0.05) is 190 Å². The van der Waals surface area contributed by atoms with Crippen molar-refractivity contribution < 1.29 is 0 Å². The molecule has 0 saturated heterocycles. The number of hydrogen-bond acceptors (Lipinski definition) is 1.